The number of nitrogens with one attached hydrogen (secondary N) is 2. The van der Waals surface area contributed by atoms with Crippen molar-refractivity contribution in [1.29, 1.82) is 0 Å². The molecule has 3 aromatic carbocycles. The maximum absolute atomic E-state index is 13.2. The Balaban J connectivity index is 1.37. The topological polar surface area (TPSA) is 106 Å². The van der Waals surface area contributed by atoms with Gasteiger partial charge in [-0.15, -0.1) is 0 Å². The van der Waals surface area contributed by atoms with Crippen molar-refractivity contribution >= 4 is 40.6 Å². The van der Waals surface area contributed by atoms with E-state index in [4.69, 9.17) is 25.5 Å². The van der Waals surface area contributed by atoms with Gasteiger partial charge in [-0.25, -0.2) is 10.2 Å². The second kappa shape index (κ2) is 11.1. The zero-order chi connectivity index (χ0) is 26.5. The second-order valence-corrected chi connectivity index (χ2v) is 8.57. The monoisotopic (exact) mass is 527 g/mol. The fourth-order valence-corrected chi connectivity index (χ4v) is 4.13. The zero-order valence-electron chi connectivity index (χ0n) is 20.2. The summed E-state index contributed by atoms with van der Waals surface area (Å²) in [5, 5.41) is 5.53. The van der Waals surface area contributed by atoms with Crippen LogP contribution in [0.4, 0.5) is 0 Å². The molecule has 5 aromatic rings. The van der Waals surface area contributed by atoms with Crippen LogP contribution in [-0.4, -0.2) is 29.7 Å². The first-order valence-corrected chi connectivity index (χ1v) is 12.1. The van der Waals surface area contributed by atoms with E-state index in [1.54, 1.807) is 30.3 Å². The van der Waals surface area contributed by atoms with Gasteiger partial charge in [0.25, 0.3) is 5.91 Å². The third-order valence-corrected chi connectivity index (χ3v) is 5.86. The van der Waals surface area contributed by atoms with Crippen LogP contribution in [0.2, 0.25) is 5.02 Å². The van der Waals surface area contributed by atoms with E-state index in [0.717, 1.165) is 22.0 Å². The number of ether oxygens (including phenoxy) is 2. The van der Waals surface area contributed by atoms with Crippen molar-refractivity contribution in [3.63, 3.8) is 0 Å². The summed E-state index contributed by atoms with van der Waals surface area (Å²) in [5.74, 6) is -0.393. The Kier molecular flexibility index (Phi) is 7.24. The number of furan rings is 1. The number of halogens is 1. The first-order valence-electron chi connectivity index (χ1n) is 11.8. The van der Waals surface area contributed by atoms with Gasteiger partial charge in [-0.05, 0) is 66.6 Å². The van der Waals surface area contributed by atoms with Gasteiger partial charge in [0.1, 0.15) is 5.69 Å². The lowest BCUT2D eigenvalue weighted by Gasteiger charge is -2.10. The number of carbonyl (C=O) groups excluding carboxylic acids is 2. The number of hydrazone groups is 1. The summed E-state index contributed by atoms with van der Waals surface area (Å²) in [5.41, 5.74) is 5.95. The molecular formula is C29H22ClN3O5. The number of hydrogen-bond acceptors (Lipinski definition) is 6. The minimum atomic E-state index is -0.640. The summed E-state index contributed by atoms with van der Waals surface area (Å²) in [6.07, 6.45) is 2.86. The standard InChI is InChI=1S/C29H22ClN3O5/c1-2-36-25-15-18(10-13-23(25)38-29(35)24-9-6-14-37-24)17-31-33-28(34)27-26(19-7-4-3-5-8-19)21-16-20(30)11-12-22(21)32-27/h3-17,32H,2H2,1H3,(H,33,34). The number of esters is 1. The number of H-pyrrole nitrogens is 1. The number of carbonyl (C=O) groups is 2. The molecule has 2 N–H and O–H groups in total. The lowest BCUT2D eigenvalue weighted by atomic mass is 10.0. The molecule has 0 fully saturated rings. The van der Waals surface area contributed by atoms with Crippen molar-refractivity contribution in [1.82, 2.24) is 10.4 Å². The number of hydrogen-bond donors (Lipinski definition) is 2. The van der Waals surface area contributed by atoms with E-state index in [0.29, 0.717) is 28.6 Å². The number of amides is 1. The van der Waals surface area contributed by atoms with Crippen LogP contribution < -0.4 is 14.9 Å². The van der Waals surface area contributed by atoms with E-state index in [2.05, 4.69) is 15.5 Å². The van der Waals surface area contributed by atoms with Gasteiger partial charge in [0.05, 0.1) is 19.1 Å². The summed E-state index contributed by atoms with van der Waals surface area (Å²) < 4.78 is 16.1. The number of rotatable bonds is 8. The number of fused-ring (bicyclic) bond motifs is 1. The first kappa shape index (κ1) is 24.9. The van der Waals surface area contributed by atoms with Crippen LogP contribution in [-0.2, 0) is 0 Å². The maximum Gasteiger partial charge on any atom is 0.379 e. The van der Waals surface area contributed by atoms with Crippen molar-refractivity contribution in [2.45, 2.75) is 6.92 Å². The van der Waals surface area contributed by atoms with Crippen molar-refractivity contribution < 1.29 is 23.5 Å². The van der Waals surface area contributed by atoms with Crippen LogP contribution in [0.3, 0.4) is 0 Å². The zero-order valence-corrected chi connectivity index (χ0v) is 21.0. The largest absolute Gasteiger partial charge is 0.490 e. The molecule has 9 heteroatoms. The smallest absolute Gasteiger partial charge is 0.379 e. The molecule has 0 saturated heterocycles. The molecule has 0 bridgehead atoms. The molecule has 0 aliphatic heterocycles. The second-order valence-electron chi connectivity index (χ2n) is 8.14. The van der Waals surface area contributed by atoms with Gasteiger partial charge >= 0.3 is 5.97 Å². The summed E-state index contributed by atoms with van der Waals surface area (Å²) >= 11 is 6.24. The molecule has 0 saturated carbocycles. The number of aromatic amines is 1. The van der Waals surface area contributed by atoms with Crippen LogP contribution in [0, 0.1) is 0 Å². The molecule has 0 spiro atoms. The molecule has 0 atom stereocenters. The molecule has 2 aromatic heterocycles. The van der Waals surface area contributed by atoms with Crippen LogP contribution in [0.1, 0.15) is 33.5 Å². The number of benzene rings is 3. The van der Waals surface area contributed by atoms with E-state index in [1.807, 2.05) is 49.4 Å². The SMILES string of the molecule is CCOc1cc(C=NNC(=O)c2[nH]c3ccc(Cl)cc3c2-c2ccccc2)ccc1OC(=O)c1ccco1. The van der Waals surface area contributed by atoms with Gasteiger partial charge in [-0.3, -0.25) is 4.79 Å². The van der Waals surface area contributed by atoms with Crippen molar-refractivity contribution in [2.75, 3.05) is 6.61 Å². The molecule has 190 valence electrons. The minimum absolute atomic E-state index is 0.0786. The van der Waals surface area contributed by atoms with Crippen molar-refractivity contribution in [3.05, 3.63) is 107 Å². The van der Waals surface area contributed by atoms with E-state index in [-0.39, 0.29) is 11.5 Å². The molecule has 8 nitrogen and oxygen atoms in total. The van der Waals surface area contributed by atoms with E-state index in [1.165, 1.54) is 18.5 Å². The minimum Gasteiger partial charge on any atom is -0.490 e. The van der Waals surface area contributed by atoms with Crippen molar-refractivity contribution in [2.24, 2.45) is 5.10 Å². The molecule has 0 radical (unpaired) electrons. The molecular weight excluding hydrogens is 506 g/mol. The fraction of sp³-hybridized carbons (Fsp3) is 0.0690. The highest BCUT2D eigenvalue weighted by molar-refractivity contribution is 6.31. The summed E-state index contributed by atoms with van der Waals surface area (Å²) in [6.45, 7) is 2.17. The Bertz CT molecular complexity index is 1630. The Morgan fingerprint density at radius 3 is 2.63 bits per heavy atom. The van der Waals surface area contributed by atoms with Crippen LogP contribution >= 0.6 is 11.6 Å². The Morgan fingerprint density at radius 1 is 1.03 bits per heavy atom. The lowest BCUT2D eigenvalue weighted by molar-refractivity contribution is 0.0695. The van der Waals surface area contributed by atoms with Crippen molar-refractivity contribution in [3.8, 4) is 22.6 Å². The molecule has 1 amide bonds. The molecule has 2 heterocycles. The van der Waals surface area contributed by atoms with Gasteiger partial charge in [-0.2, -0.15) is 5.10 Å². The summed E-state index contributed by atoms with van der Waals surface area (Å²) in [7, 11) is 0. The van der Waals surface area contributed by atoms with Crippen LogP contribution in [0.5, 0.6) is 11.5 Å². The Labute approximate surface area is 222 Å². The van der Waals surface area contributed by atoms with Gasteiger partial charge in [0.2, 0.25) is 5.76 Å². The maximum atomic E-state index is 13.2. The average Bonchev–Trinajstić information content (AvgIpc) is 3.59. The van der Waals surface area contributed by atoms with E-state index < -0.39 is 11.9 Å². The average molecular weight is 528 g/mol. The third-order valence-electron chi connectivity index (χ3n) is 5.62. The predicted octanol–water partition coefficient (Wildman–Crippen LogP) is 6.46. The fourth-order valence-electron chi connectivity index (χ4n) is 3.96. The number of nitrogens with zero attached hydrogens (tertiary/aromatic N) is 1. The highest BCUT2D eigenvalue weighted by Gasteiger charge is 2.19. The van der Waals surface area contributed by atoms with Gasteiger partial charge in [0, 0.05) is 21.5 Å². The highest BCUT2D eigenvalue weighted by Crippen LogP contribution is 2.34. The van der Waals surface area contributed by atoms with E-state index in [9.17, 15) is 9.59 Å². The van der Waals surface area contributed by atoms with E-state index >= 15 is 0 Å². The Morgan fingerprint density at radius 2 is 1.87 bits per heavy atom. The highest BCUT2D eigenvalue weighted by atomic mass is 35.5. The lowest BCUT2D eigenvalue weighted by Crippen LogP contribution is -2.18. The summed E-state index contributed by atoms with van der Waals surface area (Å²) in [4.78, 5) is 28.6. The van der Waals surface area contributed by atoms with Gasteiger partial charge < -0.3 is 18.9 Å². The van der Waals surface area contributed by atoms with Gasteiger partial charge in [-0.1, -0.05) is 41.9 Å². The normalized spacial score (nSPS) is 11.1. The summed E-state index contributed by atoms with van der Waals surface area (Å²) in [6, 6.07) is 23.0. The quantitative estimate of drug-likeness (QED) is 0.104. The molecule has 38 heavy (non-hydrogen) atoms. The van der Waals surface area contributed by atoms with Crippen LogP contribution in [0.15, 0.2) is 94.6 Å². The predicted molar refractivity (Wildman–Crippen MR) is 145 cm³/mol. The Hall–Kier alpha value is -4.82. The molecule has 5 rings (SSSR count). The van der Waals surface area contributed by atoms with Gasteiger partial charge in [0.15, 0.2) is 11.5 Å². The number of aromatic nitrogens is 1. The third kappa shape index (κ3) is 5.30. The molecule has 0 unspecified atom stereocenters. The van der Waals surface area contributed by atoms with Crippen LogP contribution in [0.25, 0.3) is 22.0 Å². The first-order chi connectivity index (χ1) is 18.5. The molecule has 0 aliphatic carbocycles. The molecule has 0 aliphatic rings.